The van der Waals surface area contributed by atoms with Crippen molar-refractivity contribution < 1.29 is 9.59 Å². The zero-order valence-electron chi connectivity index (χ0n) is 14.9. The monoisotopic (exact) mass is 357 g/mol. The highest BCUT2D eigenvalue weighted by atomic mass is 16.2. The number of aliphatic imine (C=N–C) groups is 1. The number of nitrogens with one attached hydrogen (secondary N) is 2. The molecule has 9 heteroatoms. The van der Waals surface area contributed by atoms with E-state index in [-0.39, 0.29) is 35.5 Å². The molecule has 2 amide bonds. The second kappa shape index (κ2) is 6.54. The number of hydrogen-bond acceptors (Lipinski definition) is 5. The molecular formula is C17H23N7O2. The third-order valence-electron chi connectivity index (χ3n) is 5.63. The molecule has 26 heavy (non-hydrogen) atoms. The van der Waals surface area contributed by atoms with E-state index in [2.05, 4.69) is 38.0 Å². The normalized spacial score (nSPS) is 29.6. The molecule has 2 aliphatic carbocycles. The van der Waals surface area contributed by atoms with Gasteiger partial charge in [0.1, 0.15) is 6.33 Å². The van der Waals surface area contributed by atoms with E-state index in [1.807, 2.05) is 11.6 Å². The van der Waals surface area contributed by atoms with Crippen LogP contribution in [0.25, 0.3) is 0 Å². The summed E-state index contributed by atoms with van der Waals surface area (Å²) in [5, 5.41) is 14.1. The maximum Gasteiger partial charge on any atom is 0.233 e. The zero-order valence-corrected chi connectivity index (χ0v) is 14.9. The van der Waals surface area contributed by atoms with Gasteiger partial charge < -0.3 is 15.2 Å². The third-order valence-corrected chi connectivity index (χ3v) is 5.63. The van der Waals surface area contributed by atoms with Gasteiger partial charge in [-0.25, -0.2) is 0 Å². The number of amides is 2. The van der Waals surface area contributed by atoms with Crippen LogP contribution >= 0.6 is 0 Å². The Morgan fingerprint density at radius 2 is 1.92 bits per heavy atom. The fourth-order valence-electron chi connectivity index (χ4n) is 4.32. The van der Waals surface area contributed by atoms with Crippen LogP contribution in [0, 0.1) is 23.7 Å². The quantitative estimate of drug-likeness (QED) is 0.312. The molecule has 1 saturated heterocycles. The lowest BCUT2D eigenvalue weighted by atomic mass is 9.85. The number of rotatable bonds is 5. The van der Waals surface area contributed by atoms with Gasteiger partial charge in [-0.15, -0.1) is 10.2 Å². The fraction of sp³-hybridized carbons (Fsp3) is 0.588. The summed E-state index contributed by atoms with van der Waals surface area (Å²) in [5.74, 6) is 1.58. The SMILES string of the molecule is CN=C(NCCN1C(=O)C2C3C=CC(C3)C2C1=O)NCc1nncn1C. The number of aryl methyl sites for hydroxylation is 1. The molecule has 138 valence electrons. The minimum atomic E-state index is -0.133. The Bertz CT molecular complexity index is 754. The molecular weight excluding hydrogens is 334 g/mol. The molecule has 1 aromatic heterocycles. The van der Waals surface area contributed by atoms with Crippen molar-refractivity contribution >= 4 is 17.8 Å². The van der Waals surface area contributed by atoms with Gasteiger partial charge in [0.15, 0.2) is 11.8 Å². The van der Waals surface area contributed by atoms with E-state index in [1.165, 1.54) is 4.90 Å². The second-order valence-electron chi connectivity index (χ2n) is 7.04. The van der Waals surface area contributed by atoms with Gasteiger partial charge in [-0.05, 0) is 18.3 Å². The minimum Gasteiger partial charge on any atom is -0.355 e. The van der Waals surface area contributed by atoms with Crippen molar-refractivity contribution in [2.75, 3.05) is 20.1 Å². The van der Waals surface area contributed by atoms with Crippen LogP contribution in [0.15, 0.2) is 23.5 Å². The highest BCUT2D eigenvalue weighted by Crippen LogP contribution is 2.52. The number of aromatic nitrogens is 3. The maximum absolute atomic E-state index is 12.6. The Balaban J connectivity index is 1.28. The summed E-state index contributed by atoms with van der Waals surface area (Å²) in [7, 11) is 3.54. The van der Waals surface area contributed by atoms with Crippen molar-refractivity contribution in [3.8, 4) is 0 Å². The molecule has 1 aliphatic heterocycles. The van der Waals surface area contributed by atoms with Gasteiger partial charge in [-0.3, -0.25) is 19.5 Å². The van der Waals surface area contributed by atoms with Crippen molar-refractivity contribution in [2.24, 2.45) is 35.7 Å². The Hall–Kier alpha value is -2.71. The molecule has 2 fully saturated rings. The largest absolute Gasteiger partial charge is 0.355 e. The second-order valence-corrected chi connectivity index (χ2v) is 7.04. The van der Waals surface area contributed by atoms with Gasteiger partial charge in [0.2, 0.25) is 11.8 Å². The molecule has 2 heterocycles. The number of imide groups is 1. The molecule has 3 aliphatic rings. The smallest absolute Gasteiger partial charge is 0.233 e. The number of nitrogens with zero attached hydrogens (tertiary/aromatic N) is 5. The van der Waals surface area contributed by atoms with Crippen LogP contribution in [0.3, 0.4) is 0 Å². The van der Waals surface area contributed by atoms with Gasteiger partial charge in [0, 0.05) is 27.2 Å². The van der Waals surface area contributed by atoms with E-state index in [0.29, 0.717) is 25.6 Å². The van der Waals surface area contributed by atoms with Crippen LogP contribution in [0.5, 0.6) is 0 Å². The Morgan fingerprint density at radius 3 is 2.50 bits per heavy atom. The Morgan fingerprint density at radius 1 is 1.23 bits per heavy atom. The number of guanidine groups is 1. The highest BCUT2D eigenvalue weighted by Gasteiger charge is 2.58. The number of allylic oxidation sites excluding steroid dienone is 2. The van der Waals surface area contributed by atoms with Crippen LogP contribution in [-0.4, -0.2) is 57.6 Å². The maximum atomic E-state index is 12.6. The van der Waals surface area contributed by atoms with Crippen molar-refractivity contribution in [2.45, 2.75) is 13.0 Å². The van der Waals surface area contributed by atoms with Gasteiger partial charge >= 0.3 is 0 Å². The summed E-state index contributed by atoms with van der Waals surface area (Å²) in [5.41, 5.74) is 0. The lowest BCUT2D eigenvalue weighted by Crippen LogP contribution is -2.43. The standard InChI is InChI=1S/C17H23N7O2/c1-18-17(20-8-12-22-21-9-23(12)2)19-5-6-24-15(25)13-10-3-4-11(7-10)14(13)16(24)26/h3-4,9-11,13-14H,5-8H2,1-2H3,(H2,18,19,20). The lowest BCUT2D eigenvalue weighted by molar-refractivity contribution is -0.140. The van der Waals surface area contributed by atoms with Crippen molar-refractivity contribution in [1.82, 2.24) is 30.3 Å². The molecule has 0 radical (unpaired) electrons. The van der Waals surface area contributed by atoms with Gasteiger partial charge in [0.05, 0.1) is 18.4 Å². The molecule has 2 N–H and O–H groups in total. The van der Waals surface area contributed by atoms with E-state index in [1.54, 1.807) is 13.4 Å². The molecule has 0 spiro atoms. The summed E-state index contributed by atoms with van der Waals surface area (Å²) in [4.78, 5) is 30.8. The predicted octanol–water partition coefficient (Wildman–Crippen LogP) is -0.713. The zero-order chi connectivity index (χ0) is 18.3. The number of carbonyl (C=O) groups excluding carboxylic acids is 2. The third kappa shape index (κ3) is 2.67. The predicted molar refractivity (Wildman–Crippen MR) is 93.6 cm³/mol. The van der Waals surface area contributed by atoms with E-state index >= 15 is 0 Å². The van der Waals surface area contributed by atoms with E-state index in [9.17, 15) is 9.59 Å². The summed E-state index contributed by atoms with van der Waals surface area (Å²) in [6.07, 6.45) is 6.81. The van der Waals surface area contributed by atoms with Gasteiger partial charge in [-0.2, -0.15) is 0 Å². The lowest BCUT2D eigenvalue weighted by Gasteiger charge is -2.18. The van der Waals surface area contributed by atoms with Crippen LogP contribution < -0.4 is 10.6 Å². The molecule has 9 nitrogen and oxygen atoms in total. The van der Waals surface area contributed by atoms with Gasteiger partial charge in [0.25, 0.3) is 0 Å². The minimum absolute atomic E-state index is 0.0133. The first-order valence-corrected chi connectivity index (χ1v) is 8.91. The highest BCUT2D eigenvalue weighted by molar-refractivity contribution is 6.06. The Kier molecular flexibility index (Phi) is 4.21. The van der Waals surface area contributed by atoms with Crippen LogP contribution in [-0.2, 0) is 23.2 Å². The van der Waals surface area contributed by atoms with Crippen molar-refractivity contribution in [1.29, 1.82) is 0 Å². The summed E-state index contributed by atoms with van der Waals surface area (Å²) in [6.45, 7) is 1.30. The summed E-state index contributed by atoms with van der Waals surface area (Å²) < 4.78 is 1.82. The van der Waals surface area contributed by atoms with Crippen LogP contribution in [0.4, 0.5) is 0 Å². The van der Waals surface area contributed by atoms with Crippen molar-refractivity contribution in [3.05, 3.63) is 24.3 Å². The number of likely N-dealkylation sites (tertiary alicyclic amines) is 1. The first-order chi connectivity index (χ1) is 12.6. The first-order valence-electron chi connectivity index (χ1n) is 8.91. The molecule has 4 rings (SSSR count). The first kappa shape index (κ1) is 16.7. The van der Waals surface area contributed by atoms with Crippen LogP contribution in [0.2, 0.25) is 0 Å². The van der Waals surface area contributed by atoms with Crippen LogP contribution in [0.1, 0.15) is 12.2 Å². The molecule has 1 saturated carbocycles. The van der Waals surface area contributed by atoms with E-state index in [4.69, 9.17) is 0 Å². The fourth-order valence-corrected chi connectivity index (χ4v) is 4.32. The molecule has 4 atom stereocenters. The number of hydrogen-bond donors (Lipinski definition) is 2. The number of fused-ring (bicyclic) bond motifs is 5. The van der Waals surface area contributed by atoms with Crippen molar-refractivity contribution in [3.63, 3.8) is 0 Å². The summed E-state index contributed by atoms with van der Waals surface area (Å²) in [6, 6.07) is 0. The van der Waals surface area contributed by atoms with E-state index in [0.717, 1.165) is 12.2 Å². The molecule has 0 aromatic carbocycles. The Labute approximate surface area is 151 Å². The molecule has 2 bridgehead atoms. The van der Waals surface area contributed by atoms with E-state index < -0.39 is 0 Å². The molecule has 4 unspecified atom stereocenters. The average Bonchev–Trinajstić information content (AvgIpc) is 3.39. The summed E-state index contributed by atoms with van der Waals surface area (Å²) >= 11 is 0. The number of carbonyl (C=O) groups is 2. The van der Waals surface area contributed by atoms with Gasteiger partial charge in [-0.1, -0.05) is 12.2 Å². The average molecular weight is 357 g/mol. The topological polar surface area (TPSA) is 105 Å². The molecule has 1 aromatic rings.